The molecule has 0 atom stereocenters. The summed E-state index contributed by atoms with van der Waals surface area (Å²) < 4.78 is 0. The van der Waals surface area contributed by atoms with Crippen LogP contribution in [0.15, 0.2) is 25.0 Å². The van der Waals surface area contributed by atoms with Crippen molar-refractivity contribution in [3.8, 4) is 11.3 Å². The molecule has 6 nitrogen and oxygen atoms in total. The highest BCUT2D eigenvalue weighted by Crippen LogP contribution is 2.23. The average Bonchev–Trinajstić information content (AvgIpc) is 2.77. The van der Waals surface area contributed by atoms with E-state index in [1.807, 2.05) is 0 Å². The van der Waals surface area contributed by atoms with Crippen LogP contribution in [0.25, 0.3) is 22.4 Å². The highest BCUT2D eigenvalue weighted by atomic mass is 35.5. The van der Waals surface area contributed by atoms with E-state index in [1.54, 1.807) is 18.7 Å². The zero-order chi connectivity index (χ0) is 11.0. The van der Waals surface area contributed by atoms with Crippen molar-refractivity contribution < 1.29 is 0 Å². The lowest BCUT2D eigenvalue weighted by molar-refractivity contribution is 1.15. The second kappa shape index (κ2) is 3.49. The molecule has 0 aliphatic carbocycles. The van der Waals surface area contributed by atoms with Crippen LogP contribution < -0.4 is 0 Å². The Kier molecular flexibility index (Phi) is 2.00. The molecule has 0 spiro atoms. The predicted molar refractivity (Wildman–Crippen MR) is 57.7 cm³/mol. The van der Waals surface area contributed by atoms with Crippen LogP contribution in [0, 0.1) is 0 Å². The van der Waals surface area contributed by atoms with Gasteiger partial charge in [-0.05, 0) is 11.6 Å². The van der Waals surface area contributed by atoms with Crippen LogP contribution in [-0.4, -0.2) is 29.9 Å². The van der Waals surface area contributed by atoms with Crippen molar-refractivity contribution in [2.75, 3.05) is 0 Å². The predicted octanol–water partition coefficient (Wildman–Crippen LogP) is 1.46. The van der Waals surface area contributed by atoms with E-state index in [9.17, 15) is 0 Å². The van der Waals surface area contributed by atoms with Crippen LogP contribution in [0.5, 0.6) is 0 Å². The summed E-state index contributed by atoms with van der Waals surface area (Å²) >= 11 is 5.81. The molecule has 16 heavy (non-hydrogen) atoms. The molecular formula is C9H5ClN6. The Morgan fingerprint density at radius 2 is 1.94 bits per heavy atom. The van der Waals surface area contributed by atoms with Gasteiger partial charge in [-0.2, -0.15) is 4.98 Å². The molecular weight excluding hydrogens is 228 g/mol. The van der Waals surface area contributed by atoms with E-state index >= 15 is 0 Å². The molecule has 0 radical (unpaired) electrons. The van der Waals surface area contributed by atoms with Crippen molar-refractivity contribution in [1.82, 2.24) is 29.9 Å². The normalized spacial score (nSPS) is 10.8. The third-order valence-electron chi connectivity index (χ3n) is 2.09. The van der Waals surface area contributed by atoms with Gasteiger partial charge in [-0.3, -0.25) is 0 Å². The first kappa shape index (κ1) is 9.17. The number of rotatable bonds is 1. The number of aromatic amines is 1. The lowest BCUT2D eigenvalue weighted by atomic mass is 10.2. The summed E-state index contributed by atoms with van der Waals surface area (Å²) in [5, 5.41) is 0.151. The molecule has 0 bridgehead atoms. The number of fused-ring (bicyclic) bond motifs is 1. The highest BCUT2D eigenvalue weighted by Gasteiger charge is 2.10. The summed E-state index contributed by atoms with van der Waals surface area (Å²) in [5.41, 5.74) is 2.66. The standard InChI is InChI=1S/C9H5ClN6/c10-9-15-6(5-1-11-3-12-2-5)7-8(16-9)14-4-13-7/h1-4H,(H,13,14,15,16). The molecule has 0 aromatic carbocycles. The van der Waals surface area contributed by atoms with Crippen LogP contribution in [0.4, 0.5) is 0 Å². The molecule has 3 heterocycles. The van der Waals surface area contributed by atoms with E-state index in [1.165, 1.54) is 6.33 Å². The Balaban J connectivity index is 2.34. The van der Waals surface area contributed by atoms with Crippen molar-refractivity contribution >= 4 is 22.8 Å². The first-order valence-corrected chi connectivity index (χ1v) is 4.84. The van der Waals surface area contributed by atoms with Gasteiger partial charge in [0.25, 0.3) is 0 Å². The number of H-pyrrole nitrogens is 1. The van der Waals surface area contributed by atoms with Gasteiger partial charge in [-0.1, -0.05) is 0 Å². The fraction of sp³-hybridized carbons (Fsp3) is 0. The van der Waals surface area contributed by atoms with Crippen molar-refractivity contribution in [2.45, 2.75) is 0 Å². The van der Waals surface area contributed by atoms with Gasteiger partial charge in [0, 0.05) is 18.0 Å². The van der Waals surface area contributed by atoms with E-state index in [0.29, 0.717) is 11.3 Å². The van der Waals surface area contributed by atoms with E-state index in [4.69, 9.17) is 11.6 Å². The summed E-state index contributed by atoms with van der Waals surface area (Å²) in [6.07, 6.45) is 6.32. The van der Waals surface area contributed by atoms with Crippen LogP contribution in [-0.2, 0) is 0 Å². The van der Waals surface area contributed by atoms with Gasteiger partial charge in [0.15, 0.2) is 5.65 Å². The molecule has 0 amide bonds. The summed E-state index contributed by atoms with van der Waals surface area (Å²) in [7, 11) is 0. The Bertz CT molecular complexity index is 635. The topological polar surface area (TPSA) is 80.2 Å². The molecule has 3 rings (SSSR count). The molecule has 7 heteroatoms. The Morgan fingerprint density at radius 3 is 2.75 bits per heavy atom. The van der Waals surface area contributed by atoms with Gasteiger partial charge in [0.2, 0.25) is 5.28 Å². The molecule has 3 aromatic rings. The van der Waals surface area contributed by atoms with Crippen molar-refractivity contribution in [1.29, 1.82) is 0 Å². The summed E-state index contributed by atoms with van der Waals surface area (Å²) in [6, 6.07) is 0. The van der Waals surface area contributed by atoms with Gasteiger partial charge in [0.1, 0.15) is 17.5 Å². The van der Waals surface area contributed by atoms with E-state index < -0.39 is 0 Å². The molecule has 78 valence electrons. The first-order chi connectivity index (χ1) is 7.84. The second-order valence-corrected chi connectivity index (χ2v) is 3.41. The maximum atomic E-state index is 5.81. The molecule has 3 aromatic heterocycles. The van der Waals surface area contributed by atoms with Gasteiger partial charge in [-0.15, -0.1) is 0 Å². The quantitative estimate of drug-likeness (QED) is 0.643. The molecule has 0 aliphatic heterocycles. The fourth-order valence-electron chi connectivity index (χ4n) is 1.44. The van der Waals surface area contributed by atoms with Gasteiger partial charge in [0.05, 0.1) is 6.33 Å². The lowest BCUT2D eigenvalue weighted by Gasteiger charge is -2.00. The number of aromatic nitrogens is 6. The molecule has 1 N–H and O–H groups in total. The van der Waals surface area contributed by atoms with Gasteiger partial charge < -0.3 is 4.98 Å². The fourth-order valence-corrected chi connectivity index (χ4v) is 1.60. The summed E-state index contributed by atoms with van der Waals surface area (Å²) in [6.45, 7) is 0. The maximum absolute atomic E-state index is 5.81. The monoisotopic (exact) mass is 232 g/mol. The molecule has 0 saturated heterocycles. The van der Waals surface area contributed by atoms with Crippen molar-refractivity contribution in [3.63, 3.8) is 0 Å². The van der Waals surface area contributed by atoms with E-state index in [2.05, 4.69) is 29.9 Å². The molecule has 0 aliphatic rings. The van der Waals surface area contributed by atoms with E-state index in [-0.39, 0.29) is 5.28 Å². The Labute approximate surface area is 94.8 Å². The average molecular weight is 233 g/mol. The second-order valence-electron chi connectivity index (χ2n) is 3.07. The SMILES string of the molecule is Clc1nc(-c2cncnc2)c2[nH]cnc2n1. The minimum atomic E-state index is 0.151. The zero-order valence-electron chi connectivity index (χ0n) is 7.92. The lowest BCUT2D eigenvalue weighted by Crippen LogP contribution is -1.91. The smallest absolute Gasteiger partial charge is 0.225 e. The van der Waals surface area contributed by atoms with Gasteiger partial charge in [-0.25, -0.2) is 19.9 Å². The first-order valence-electron chi connectivity index (χ1n) is 4.46. The van der Waals surface area contributed by atoms with Gasteiger partial charge >= 0.3 is 0 Å². The Morgan fingerprint density at radius 1 is 1.12 bits per heavy atom. The highest BCUT2D eigenvalue weighted by molar-refractivity contribution is 6.28. The summed E-state index contributed by atoms with van der Waals surface area (Å²) in [5.74, 6) is 0. The third-order valence-corrected chi connectivity index (χ3v) is 2.26. The number of nitrogens with one attached hydrogen (secondary N) is 1. The number of nitrogens with zero attached hydrogens (tertiary/aromatic N) is 5. The van der Waals surface area contributed by atoms with Crippen LogP contribution >= 0.6 is 11.6 Å². The molecule has 0 fully saturated rings. The zero-order valence-corrected chi connectivity index (χ0v) is 8.68. The molecule has 0 unspecified atom stereocenters. The number of imidazole rings is 1. The summed E-state index contributed by atoms with van der Waals surface area (Å²) in [4.78, 5) is 23.0. The Hall–Kier alpha value is -2.08. The molecule has 0 saturated carbocycles. The minimum Gasteiger partial charge on any atom is -0.341 e. The number of halogens is 1. The van der Waals surface area contributed by atoms with Crippen molar-refractivity contribution in [3.05, 3.63) is 30.3 Å². The third kappa shape index (κ3) is 1.40. The maximum Gasteiger partial charge on any atom is 0.225 e. The number of hydrogen-bond donors (Lipinski definition) is 1. The van der Waals surface area contributed by atoms with Crippen molar-refractivity contribution in [2.24, 2.45) is 0 Å². The van der Waals surface area contributed by atoms with Crippen LogP contribution in [0.1, 0.15) is 0 Å². The van der Waals surface area contributed by atoms with E-state index in [0.717, 1.165) is 11.1 Å². The van der Waals surface area contributed by atoms with Crippen LogP contribution in [0.2, 0.25) is 5.28 Å². The van der Waals surface area contributed by atoms with Crippen LogP contribution in [0.3, 0.4) is 0 Å². The number of hydrogen-bond acceptors (Lipinski definition) is 5. The minimum absolute atomic E-state index is 0.151. The largest absolute Gasteiger partial charge is 0.341 e.